The molecule has 28 heavy (non-hydrogen) atoms. The third kappa shape index (κ3) is 4.34. The highest BCUT2D eigenvalue weighted by Gasteiger charge is 2.24. The average Bonchev–Trinajstić information content (AvgIpc) is 3.20. The number of imidazole rings is 1. The minimum atomic E-state index is -0.0201. The fraction of sp³-hybridized carbons (Fsp3) is 0.400. The summed E-state index contributed by atoms with van der Waals surface area (Å²) in [4.78, 5) is 16.0. The zero-order chi connectivity index (χ0) is 19.9. The smallest absolute Gasteiger partial charge is 0.181 e. The van der Waals surface area contributed by atoms with Crippen LogP contribution in [0.15, 0.2) is 40.9 Å². The number of hydrogen-bond acceptors (Lipinski definition) is 7. The van der Waals surface area contributed by atoms with Crippen LogP contribution >= 0.6 is 35.1 Å². The molecule has 0 amide bonds. The maximum Gasteiger partial charge on any atom is 0.181 e. The summed E-state index contributed by atoms with van der Waals surface area (Å²) in [7, 11) is 0. The maximum atomic E-state index is 4.69. The van der Waals surface area contributed by atoms with E-state index in [1.807, 2.05) is 11.8 Å². The van der Waals surface area contributed by atoms with Gasteiger partial charge in [-0.2, -0.15) is 4.37 Å². The van der Waals surface area contributed by atoms with Gasteiger partial charge < -0.3 is 4.98 Å². The standard InChI is InChI=1S/C20H23N5S3/c1-19(2,3)26-17-13-7-6-12(8-14(13)28-25-17)9-20(4,5)27-18-15-16(22-10-21-15)23-11-24-18/h6-8,10-11H,9H2,1-5H3,(H,21,22,23,24). The Balaban J connectivity index is 1.56. The second kappa shape index (κ2) is 7.31. The van der Waals surface area contributed by atoms with Gasteiger partial charge in [0.25, 0.3) is 0 Å². The van der Waals surface area contributed by atoms with Crippen LogP contribution in [0.4, 0.5) is 0 Å². The average molecular weight is 430 g/mol. The van der Waals surface area contributed by atoms with E-state index in [4.69, 9.17) is 0 Å². The van der Waals surface area contributed by atoms with E-state index in [0.29, 0.717) is 5.65 Å². The molecule has 8 heteroatoms. The quantitative estimate of drug-likeness (QED) is 0.311. The number of nitrogens with one attached hydrogen (secondary N) is 1. The van der Waals surface area contributed by atoms with E-state index >= 15 is 0 Å². The second-order valence-electron chi connectivity index (χ2n) is 8.35. The van der Waals surface area contributed by atoms with Crippen molar-refractivity contribution in [2.24, 2.45) is 0 Å². The Labute approximate surface area is 177 Å². The number of thioether (sulfide) groups is 2. The Kier molecular flexibility index (Phi) is 5.14. The first kappa shape index (κ1) is 19.7. The lowest BCUT2D eigenvalue weighted by Gasteiger charge is -2.23. The molecule has 146 valence electrons. The number of benzene rings is 1. The van der Waals surface area contributed by atoms with Gasteiger partial charge in [0, 0.05) is 14.9 Å². The molecule has 4 aromatic rings. The van der Waals surface area contributed by atoms with E-state index in [1.165, 1.54) is 15.6 Å². The summed E-state index contributed by atoms with van der Waals surface area (Å²) in [6.45, 7) is 11.2. The van der Waals surface area contributed by atoms with Crippen LogP contribution in [0.5, 0.6) is 0 Å². The minimum Gasteiger partial charge on any atom is -0.341 e. The van der Waals surface area contributed by atoms with E-state index in [2.05, 4.69) is 77.1 Å². The molecular formula is C20H23N5S3. The highest BCUT2D eigenvalue weighted by atomic mass is 32.2. The maximum absolute atomic E-state index is 4.69. The van der Waals surface area contributed by atoms with Crippen LogP contribution in [0.25, 0.3) is 21.3 Å². The van der Waals surface area contributed by atoms with E-state index in [1.54, 1.807) is 35.9 Å². The summed E-state index contributed by atoms with van der Waals surface area (Å²) in [5.74, 6) is 0. The third-order valence-electron chi connectivity index (χ3n) is 4.10. The number of aromatic nitrogens is 5. The first-order valence-corrected chi connectivity index (χ1v) is 11.5. The lowest BCUT2D eigenvalue weighted by molar-refractivity contribution is 0.706. The van der Waals surface area contributed by atoms with Crippen molar-refractivity contribution in [1.82, 2.24) is 24.3 Å². The largest absolute Gasteiger partial charge is 0.341 e. The van der Waals surface area contributed by atoms with Crippen LogP contribution in [-0.2, 0) is 6.42 Å². The van der Waals surface area contributed by atoms with Crippen LogP contribution < -0.4 is 0 Å². The Morgan fingerprint density at radius 2 is 1.82 bits per heavy atom. The summed E-state index contributed by atoms with van der Waals surface area (Å²) >= 11 is 5.18. The molecule has 0 radical (unpaired) electrons. The van der Waals surface area contributed by atoms with Crippen molar-refractivity contribution in [2.75, 3.05) is 0 Å². The van der Waals surface area contributed by atoms with Crippen LogP contribution in [0.1, 0.15) is 40.2 Å². The van der Waals surface area contributed by atoms with E-state index in [0.717, 1.165) is 22.0 Å². The van der Waals surface area contributed by atoms with Crippen molar-refractivity contribution in [2.45, 2.75) is 60.6 Å². The highest BCUT2D eigenvalue weighted by Crippen LogP contribution is 2.40. The monoisotopic (exact) mass is 429 g/mol. The van der Waals surface area contributed by atoms with Gasteiger partial charge in [0.1, 0.15) is 21.9 Å². The first-order chi connectivity index (χ1) is 13.2. The molecule has 5 nitrogen and oxygen atoms in total. The van der Waals surface area contributed by atoms with Crippen molar-refractivity contribution in [1.29, 1.82) is 0 Å². The van der Waals surface area contributed by atoms with Gasteiger partial charge in [-0.25, -0.2) is 15.0 Å². The van der Waals surface area contributed by atoms with Crippen molar-refractivity contribution in [3.05, 3.63) is 36.4 Å². The molecule has 0 aliphatic heterocycles. The number of nitrogens with zero attached hydrogens (tertiary/aromatic N) is 4. The van der Waals surface area contributed by atoms with Crippen molar-refractivity contribution in [3.63, 3.8) is 0 Å². The zero-order valence-corrected chi connectivity index (χ0v) is 19.1. The van der Waals surface area contributed by atoms with E-state index in [9.17, 15) is 0 Å². The molecule has 0 aliphatic rings. The lowest BCUT2D eigenvalue weighted by Crippen LogP contribution is -2.18. The molecule has 0 unspecified atom stereocenters. The van der Waals surface area contributed by atoms with Crippen molar-refractivity contribution in [3.8, 4) is 0 Å². The van der Waals surface area contributed by atoms with Gasteiger partial charge in [-0.05, 0) is 43.4 Å². The van der Waals surface area contributed by atoms with Crippen molar-refractivity contribution < 1.29 is 0 Å². The summed E-state index contributed by atoms with van der Waals surface area (Å²) in [6, 6.07) is 6.74. The second-order valence-corrected chi connectivity index (χ2v) is 12.7. The molecule has 1 aromatic carbocycles. The van der Waals surface area contributed by atoms with Crippen molar-refractivity contribution >= 4 is 56.3 Å². The van der Waals surface area contributed by atoms with Crippen LogP contribution in [0.2, 0.25) is 0 Å². The van der Waals surface area contributed by atoms with Crippen LogP contribution in [0, 0.1) is 0 Å². The molecule has 3 heterocycles. The SMILES string of the molecule is CC(C)(C)Sc1nsc2cc(CC(C)(C)Sc3ncnc4nc[nH]c34)ccc12. The molecule has 0 atom stereocenters. The van der Waals surface area contributed by atoms with Gasteiger partial charge in [0.05, 0.1) is 11.0 Å². The van der Waals surface area contributed by atoms with Gasteiger partial charge in [-0.1, -0.05) is 56.4 Å². The van der Waals surface area contributed by atoms with E-state index < -0.39 is 0 Å². The number of aromatic amines is 1. The molecule has 0 saturated heterocycles. The number of rotatable bonds is 5. The number of hydrogen-bond donors (Lipinski definition) is 1. The number of fused-ring (bicyclic) bond motifs is 2. The minimum absolute atomic E-state index is 0.0201. The van der Waals surface area contributed by atoms with E-state index in [-0.39, 0.29) is 9.49 Å². The summed E-state index contributed by atoms with van der Waals surface area (Å²) in [5, 5.41) is 3.33. The molecule has 0 saturated carbocycles. The van der Waals surface area contributed by atoms with Gasteiger partial charge in [0.2, 0.25) is 0 Å². The Bertz CT molecular complexity index is 1120. The summed E-state index contributed by atoms with van der Waals surface area (Å²) in [6.07, 6.45) is 4.19. The fourth-order valence-electron chi connectivity index (χ4n) is 3.04. The lowest BCUT2D eigenvalue weighted by atomic mass is 10.0. The zero-order valence-electron chi connectivity index (χ0n) is 16.6. The summed E-state index contributed by atoms with van der Waals surface area (Å²) < 4.78 is 6.08. The Hall–Kier alpha value is -1.64. The Morgan fingerprint density at radius 1 is 1.00 bits per heavy atom. The summed E-state index contributed by atoms with van der Waals surface area (Å²) in [5.41, 5.74) is 2.93. The normalized spacial score (nSPS) is 12.9. The topological polar surface area (TPSA) is 67.3 Å². The molecule has 0 bridgehead atoms. The van der Waals surface area contributed by atoms with Crippen LogP contribution in [-0.4, -0.2) is 33.8 Å². The predicted molar refractivity (Wildman–Crippen MR) is 121 cm³/mol. The molecule has 0 spiro atoms. The fourth-order valence-corrected chi connectivity index (χ4v) is 6.10. The first-order valence-electron chi connectivity index (χ1n) is 9.11. The molecule has 0 aliphatic carbocycles. The number of H-pyrrole nitrogens is 1. The van der Waals surface area contributed by atoms with Gasteiger partial charge in [-0.15, -0.1) is 0 Å². The van der Waals surface area contributed by atoms with Crippen LogP contribution in [0.3, 0.4) is 0 Å². The van der Waals surface area contributed by atoms with Gasteiger partial charge in [0.15, 0.2) is 5.65 Å². The molecule has 1 N–H and O–H groups in total. The predicted octanol–water partition coefficient (Wildman–Crippen LogP) is 5.97. The molecular weight excluding hydrogens is 406 g/mol. The molecule has 3 aromatic heterocycles. The van der Waals surface area contributed by atoms with Gasteiger partial charge in [-0.3, -0.25) is 0 Å². The molecule has 4 rings (SSSR count). The highest BCUT2D eigenvalue weighted by molar-refractivity contribution is 8.01. The molecule has 0 fully saturated rings. The van der Waals surface area contributed by atoms with Gasteiger partial charge >= 0.3 is 0 Å². The Morgan fingerprint density at radius 3 is 2.61 bits per heavy atom. The third-order valence-corrected chi connectivity index (χ3v) is 7.34.